The molecule has 2 rings (SSSR count). The van der Waals surface area contributed by atoms with Crippen LogP contribution in [0.4, 0.5) is 10.1 Å². The summed E-state index contributed by atoms with van der Waals surface area (Å²) in [5.41, 5.74) is 7.10. The summed E-state index contributed by atoms with van der Waals surface area (Å²) in [5, 5.41) is 6.78. The van der Waals surface area contributed by atoms with Crippen LogP contribution >= 0.6 is 0 Å². The summed E-state index contributed by atoms with van der Waals surface area (Å²) in [7, 11) is 0. The van der Waals surface area contributed by atoms with E-state index in [0.29, 0.717) is 13.1 Å². The van der Waals surface area contributed by atoms with Crippen LogP contribution in [0, 0.1) is 12.7 Å². The number of nitrogens with zero attached hydrogens (tertiary/aromatic N) is 2. The van der Waals surface area contributed by atoms with E-state index in [9.17, 15) is 9.18 Å². The first kappa shape index (κ1) is 13.1. The van der Waals surface area contributed by atoms with E-state index >= 15 is 0 Å². The van der Waals surface area contributed by atoms with E-state index in [1.165, 1.54) is 12.1 Å². The summed E-state index contributed by atoms with van der Waals surface area (Å²) in [4.78, 5) is 11.8. The second-order valence-corrected chi connectivity index (χ2v) is 4.27. The van der Waals surface area contributed by atoms with E-state index in [0.717, 1.165) is 11.6 Å². The summed E-state index contributed by atoms with van der Waals surface area (Å²) >= 11 is 0. The average molecular weight is 262 g/mol. The molecule has 3 N–H and O–H groups in total. The van der Waals surface area contributed by atoms with Gasteiger partial charge in [0.25, 0.3) is 5.91 Å². The number of aromatic nitrogens is 2. The van der Waals surface area contributed by atoms with Crippen molar-refractivity contribution in [3.05, 3.63) is 47.5 Å². The fourth-order valence-electron chi connectivity index (χ4n) is 1.69. The largest absolute Gasteiger partial charge is 0.398 e. The van der Waals surface area contributed by atoms with Crippen molar-refractivity contribution in [2.24, 2.45) is 0 Å². The van der Waals surface area contributed by atoms with Gasteiger partial charge in [0.1, 0.15) is 5.82 Å². The average Bonchev–Trinajstić information content (AvgIpc) is 2.78. The molecule has 0 aliphatic rings. The molecule has 6 heteroatoms. The summed E-state index contributed by atoms with van der Waals surface area (Å²) in [5.74, 6) is -0.872. The summed E-state index contributed by atoms with van der Waals surface area (Å²) < 4.78 is 14.8. The van der Waals surface area contributed by atoms with Crippen LogP contribution in [0.1, 0.15) is 15.9 Å². The minimum absolute atomic E-state index is 0.150. The van der Waals surface area contributed by atoms with Crippen molar-refractivity contribution in [2.75, 3.05) is 12.3 Å². The number of aryl methyl sites for hydroxylation is 1. The van der Waals surface area contributed by atoms with Crippen LogP contribution in [-0.2, 0) is 6.54 Å². The predicted molar refractivity (Wildman–Crippen MR) is 70.1 cm³/mol. The molecular weight excluding hydrogens is 247 g/mol. The monoisotopic (exact) mass is 262 g/mol. The Morgan fingerprint density at radius 1 is 1.53 bits per heavy atom. The summed E-state index contributed by atoms with van der Waals surface area (Å²) in [6.07, 6.45) is 3.62. The molecule has 0 saturated carbocycles. The number of hydrogen-bond acceptors (Lipinski definition) is 3. The molecule has 1 heterocycles. The van der Waals surface area contributed by atoms with Crippen molar-refractivity contribution < 1.29 is 9.18 Å². The number of nitrogens with two attached hydrogens (primary N) is 1. The molecule has 1 aromatic heterocycles. The van der Waals surface area contributed by atoms with Crippen molar-refractivity contribution in [1.82, 2.24) is 15.1 Å². The summed E-state index contributed by atoms with van der Waals surface area (Å²) in [6, 6.07) is 3.72. The standard InChI is InChI=1S/C13H15FN4O/c1-9-7-17-18(8-9)5-4-16-13(19)11-6-10(14)2-3-12(11)15/h2-3,6-8H,4-5,15H2,1H3,(H,16,19). The van der Waals surface area contributed by atoms with Crippen LogP contribution in [0.15, 0.2) is 30.6 Å². The van der Waals surface area contributed by atoms with Crippen molar-refractivity contribution >= 4 is 11.6 Å². The minimum atomic E-state index is -0.484. The Morgan fingerprint density at radius 2 is 2.32 bits per heavy atom. The Hall–Kier alpha value is -2.37. The molecule has 0 atom stereocenters. The van der Waals surface area contributed by atoms with Gasteiger partial charge < -0.3 is 11.1 Å². The van der Waals surface area contributed by atoms with Crippen LogP contribution in [0.3, 0.4) is 0 Å². The molecule has 1 amide bonds. The van der Waals surface area contributed by atoms with Gasteiger partial charge in [-0.3, -0.25) is 9.48 Å². The van der Waals surface area contributed by atoms with Gasteiger partial charge in [-0.2, -0.15) is 5.10 Å². The van der Waals surface area contributed by atoms with Crippen molar-refractivity contribution in [1.29, 1.82) is 0 Å². The van der Waals surface area contributed by atoms with E-state index in [4.69, 9.17) is 5.73 Å². The highest BCUT2D eigenvalue weighted by molar-refractivity contribution is 5.99. The second kappa shape index (κ2) is 5.51. The molecule has 0 bridgehead atoms. The Balaban J connectivity index is 1.92. The van der Waals surface area contributed by atoms with Crippen LogP contribution in [0.25, 0.3) is 0 Å². The smallest absolute Gasteiger partial charge is 0.253 e. The quantitative estimate of drug-likeness (QED) is 0.817. The molecule has 0 aliphatic heterocycles. The number of carbonyl (C=O) groups excluding carboxylic acids is 1. The van der Waals surface area contributed by atoms with Gasteiger partial charge in [-0.25, -0.2) is 4.39 Å². The first-order chi connectivity index (χ1) is 9.06. The molecule has 0 fully saturated rings. The SMILES string of the molecule is Cc1cnn(CCNC(=O)c2cc(F)ccc2N)c1. The zero-order chi connectivity index (χ0) is 13.8. The van der Waals surface area contributed by atoms with E-state index < -0.39 is 5.82 Å². The third-order valence-corrected chi connectivity index (χ3v) is 2.65. The molecular formula is C13H15FN4O. The number of rotatable bonds is 4. The fraction of sp³-hybridized carbons (Fsp3) is 0.231. The number of anilines is 1. The maximum absolute atomic E-state index is 13.0. The maximum Gasteiger partial charge on any atom is 0.253 e. The van der Waals surface area contributed by atoms with E-state index in [2.05, 4.69) is 10.4 Å². The Morgan fingerprint density at radius 3 is 3.00 bits per heavy atom. The van der Waals surface area contributed by atoms with Gasteiger partial charge in [-0.15, -0.1) is 0 Å². The molecule has 0 unspecified atom stereocenters. The maximum atomic E-state index is 13.0. The van der Waals surface area contributed by atoms with Crippen LogP contribution in [0.5, 0.6) is 0 Å². The van der Waals surface area contributed by atoms with Crippen molar-refractivity contribution in [3.8, 4) is 0 Å². The van der Waals surface area contributed by atoms with Crippen LogP contribution in [0.2, 0.25) is 0 Å². The van der Waals surface area contributed by atoms with Crippen LogP contribution in [-0.4, -0.2) is 22.2 Å². The molecule has 0 radical (unpaired) electrons. The highest BCUT2D eigenvalue weighted by atomic mass is 19.1. The Kier molecular flexibility index (Phi) is 3.79. The molecule has 5 nitrogen and oxygen atoms in total. The zero-order valence-corrected chi connectivity index (χ0v) is 10.6. The topological polar surface area (TPSA) is 72.9 Å². The van der Waals surface area contributed by atoms with Gasteiger partial charge >= 0.3 is 0 Å². The molecule has 19 heavy (non-hydrogen) atoms. The lowest BCUT2D eigenvalue weighted by atomic mass is 10.1. The lowest BCUT2D eigenvalue weighted by Gasteiger charge is -2.07. The number of nitrogen functional groups attached to an aromatic ring is 1. The number of amides is 1. The number of carbonyl (C=O) groups is 1. The van der Waals surface area contributed by atoms with Crippen molar-refractivity contribution in [3.63, 3.8) is 0 Å². The third-order valence-electron chi connectivity index (χ3n) is 2.65. The minimum Gasteiger partial charge on any atom is -0.398 e. The molecule has 100 valence electrons. The van der Waals surface area contributed by atoms with Gasteiger partial charge in [0, 0.05) is 18.4 Å². The number of hydrogen-bond donors (Lipinski definition) is 2. The second-order valence-electron chi connectivity index (χ2n) is 4.27. The highest BCUT2D eigenvalue weighted by Gasteiger charge is 2.10. The number of nitrogens with one attached hydrogen (secondary N) is 1. The van der Waals surface area contributed by atoms with Crippen LogP contribution < -0.4 is 11.1 Å². The van der Waals surface area contributed by atoms with Gasteiger partial charge in [0.2, 0.25) is 0 Å². The van der Waals surface area contributed by atoms with E-state index in [-0.39, 0.29) is 17.2 Å². The number of benzene rings is 1. The highest BCUT2D eigenvalue weighted by Crippen LogP contribution is 2.12. The first-order valence-corrected chi connectivity index (χ1v) is 5.88. The molecule has 2 aromatic rings. The lowest BCUT2D eigenvalue weighted by molar-refractivity contribution is 0.0952. The van der Waals surface area contributed by atoms with Gasteiger partial charge in [-0.1, -0.05) is 0 Å². The molecule has 1 aromatic carbocycles. The van der Waals surface area contributed by atoms with Crippen molar-refractivity contribution in [2.45, 2.75) is 13.5 Å². The molecule has 0 spiro atoms. The number of halogens is 1. The molecule has 0 saturated heterocycles. The van der Waals surface area contributed by atoms with Gasteiger partial charge in [0.15, 0.2) is 0 Å². The lowest BCUT2D eigenvalue weighted by Crippen LogP contribution is -2.28. The Bertz CT molecular complexity index is 594. The van der Waals surface area contributed by atoms with Gasteiger partial charge in [0.05, 0.1) is 18.3 Å². The fourth-order valence-corrected chi connectivity index (χ4v) is 1.69. The first-order valence-electron chi connectivity index (χ1n) is 5.88. The predicted octanol–water partition coefficient (Wildman–Crippen LogP) is 1.34. The van der Waals surface area contributed by atoms with E-state index in [1.807, 2.05) is 13.1 Å². The molecule has 0 aliphatic carbocycles. The van der Waals surface area contributed by atoms with E-state index in [1.54, 1.807) is 10.9 Å². The Labute approximate surface area is 110 Å². The zero-order valence-electron chi connectivity index (χ0n) is 10.6. The third kappa shape index (κ3) is 3.31. The normalized spacial score (nSPS) is 10.4. The van der Waals surface area contributed by atoms with Gasteiger partial charge in [-0.05, 0) is 30.7 Å². The summed E-state index contributed by atoms with van der Waals surface area (Å²) in [6.45, 7) is 2.89.